The van der Waals surface area contributed by atoms with Gasteiger partial charge in [-0.25, -0.2) is 0 Å². The fourth-order valence-electron chi connectivity index (χ4n) is 3.83. The summed E-state index contributed by atoms with van der Waals surface area (Å²) < 4.78 is 10.2. The highest BCUT2D eigenvalue weighted by atomic mass is 16.5. The molecule has 0 radical (unpaired) electrons. The molecule has 1 atom stereocenters. The molecule has 0 amide bonds. The van der Waals surface area contributed by atoms with Gasteiger partial charge in [0.2, 0.25) is 0 Å². The van der Waals surface area contributed by atoms with Crippen LogP contribution in [0.2, 0.25) is 0 Å². The monoisotopic (exact) mass is 397 g/mol. The number of carbonyl (C=O) groups excluding carboxylic acids is 2. The first-order chi connectivity index (χ1) is 14.0. The van der Waals surface area contributed by atoms with Crippen molar-refractivity contribution >= 4 is 12.9 Å². The molecule has 0 heterocycles. The SMILES string of the molecule is CC(C)N(CCC(c1ccccc1)c1cc(COC=O)ccc1OC=O)C(C)C. The Balaban J connectivity index is 2.44. The molecular weight excluding hydrogens is 366 g/mol. The van der Waals surface area contributed by atoms with Crippen LogP contribution in [-0.2, 0) is 20.9 Å². The Morgan fingerprint density at radius 3 is 2.21 bits per heavy atom. The fraction of sp³-hybridized carbons (Fsp3) is 0.417. The van der Waals surface area contributed by atoms with Crippen LogP contribution in [0.4, 0.5) is 0 Å². The first kappa shape index (κ1) is 22.6. The Labute approximate surface area is 173 Å². The zero-order valence-corrected chi connectivity index (χ0v) is 17.7. The molecule has 0 aromatic heterocycles. The normalized spacial score (nSPS) is 12.2. The van der Waals surface area contributed by atoms with E-state index in [-0.39, 0.29) is 12.5 Å². The number of hydrogen-bond donors (Lipinski definition) is 0. The third-order valence-electron chi connectivity index (χ3n) is 5.15. The Kier molecular flexibility index (Phi) is 8.87. The van der Waals surface area contributed by atoms with Crippen molar-refractivity contribution in [1.29, 1.82) is 0 Å². The molecule has 0 N–H and O–H groups in total. The van der Waals surface area contributed by atoms with Crippen molar-refractivity contribution in [3.63, 3.8) is 0 Å². The number of hydrogen-bond acceptors (Lipinski definition) is 5. The van der Waals surface area contributed by atoms with Gasteiger partial charge in [-0.15, -0.1) is 0 Å². The maximum absolute atomic E-state index is 11.1. The third-order valence-corrected chi connectivity index (χ3v) is 5.15. The van der Waals surface area contributed by atoms with Crippen molar-refractivity contribution in [2.45, 2.75) is 58.7 Å². The molecule has 2 aromatic carbocycles. The lowest BCUT2D eigenvalue weighted by Gasteiger charge is -2.32. The lowest BCUT2D eigenvalue weighted by molar-refractivity contribution is -0.129. The molecule has 0 saturated heterocycles. The van der Waals surface area contributed by atoms with Crippen molar-refractivity contribution < 1.29 is 19.1 Å². The minimum Gasteiger partial charge on any atom is -0.463 e. The predicted molar refractivity (Wildman–Crippen MR) is 114 cm³/mol. The third kappa shape index (κ3) is 6.43. The molecule has 2 aromatic rings. The van der Waals surface area contributed by atoms with E-state index >= 15 is 0 Å². The standard InChI is InChI=1S/C24H31NO4/c1-18(2)25(19(3)4)13-12-22(21-8-6-5-7-9-21)23-14-20(15-28-16-26)10-11-24(23)29-17-27/h5-11,14,16-19,22H,12-13,15H2,1-4H3. The van der Waals surface area contributed by atoms with Gasteiger partial charge in [0.05, 0.1) is 0 Å². The smallest absolute Gasteiger partial charge is 0.298 e. The van der Waals surface area contributed by atoms with Crippen molar-refractivity contribution in [3.05, 3.63) is 65.2 Å². The second-order valence-corrected chi connectivity index (χ2v) is 7.67. The maximum atomic E-state index is 11.1. The number of nitrogens with zero attached hydrogens (tertiary/aromatic N) is 1. The summed E-state index contributed by atoms with van der Waals surface area (Å²) in [5, 5.41) is 0. The van der Waals surface area contributed by atoms with Gasteiger partial charge in [-0.2, -0.15) is 0 Å². The molecule has 29 heavy (non-hydrogen) atoms. The fourth-order valence-corrected chi connectivity index (χ4v) is 3.83. The molecule has 0 fully saturated rings. The molecule has 5 heteroatoms. The van der Waals surface area contributed by atoms with Crippen LogP contribution < -0.4 is 4.74 Å². The maximum Gasteiger partial charge on any atom is 0.298 e. The Morgan fingerprint density at radius 1 is 0.931 bits per heavy atom. The summed E-state index contributed by atoms with van der Waals surface area (Å²) in [6.45, 7) is 10.8. The van der Waals surface area contributed by atoms with Gasteiger partial charge in [0.15, 0.2) is 0 Å². The minimum atomic E-state index is 0.0438. The van der Waals surface area contributed by atoms with Gasteiger partial charge >= 0.3 is 0 Å². The zero-order chi connectivity index (χ0) is 21.2. The highest BCUT2D eigenvalue weighted by molar-refractivity contribution is 5.52. The summed E-state index contributed by atoms with van der Waals surface area (Å²) in [5.41, 5.74) is 2.93. The quantitative estimate of drug-likeness (QED) is 0.492. The van der Waals surface area contributed by atoms with E-state index in [2.05, 4.69) is 44.7 Å². The van der Waals surface area contributed by atoms with E-state index in [0.717, 1.165) is 29.7 Å². The Bertz CT molecular complexity index is 766. The average Bonchev–Trinajstić information content (AvgIpc) is 2.71. The first-order valence-corrected chi connectivity index (χ1v) is 10.1. The lowest BCUT2D eigenvalue weighted by Crippen LogP contribution is -2.38. The molecular formula is C24H31NO4. The molecule has 2 rings (SSSR count). The number of rotatable bonds is 12. The molecule has 1 unspecified atom stereocenters. The number of benzene rings is 2. The van der Waals surface area contributed by atoms with Crippen LogP contribution in [0.1, 0.15) is 56.7 Å². The molecule has 156 valence electrons. The van der Waals surface area contributed by atoms with Gasteiger partial charge in [-0.1, -0.05) is 36.4 Å². The van der Waals surface area contributed by atoms with Crippen LogP contribution in [-0.4, -0.2) is 36.5 Å². The van der Waals surface area contributed by atoms with Crippen LogP contribution in [0.3, 0.4) is 0 Å². The Morgan fingerprint density at radius 2 is 1.62 bits per heavy atom. The van der Waals surface area contributed by atoms with Gasteiger partial charge in [0, 0.05) is 23.6 Å². The van der Waals surface area contributed by atoms with Crippen LogP contribution in [0, 0.1) is 0 Å². The Hall–Kier alpha value is -2.66. The van der Waals surface area contributed by atoms with Gasteiger partial charge in [0.25, 0.3) is 12.9 Å². The van der Waals surface area contributed by atoms with Gasteiger partial charge in [-0.3, -0.25) is 14.5 Å². The molecule has 0 bridgehead atoms. The van der Waals surface area contributed by atoms with Crippen molar-refractivity contribution in [2.75, 3.05) is 6.54 Å². The van der Waals surface area contributed by atoms with Crippen LogP contribution >= 0.6 is 0 Å². The van der Waals surface area contributed by atoms with E-state index in [1.165, 1.54) is 0 Å². The molecule has 0 aliphatic rings. The molecule has 5 nitrogen and oxygen atoms in total. The minimum absolute atomic E-state index is 0.0438. The highest BCUT2D eigenvalue weighted by Gasteiger charge is 2.22. The van der Waals surface area contributed by atoms with Crippen LogP contribution in [0.15, 0.2) is 48.5 Å². The predicted octanol–water partition coefficient (Wildman–Crippen LogP) is 4.54. The number of carbonyl (C=O) groups is 2. The van der Waals surface area contributed by atoms with Gasteiger partial charge in [-0.05, 0) is 63.9 Å². The lowest BCUT2D eigenvalue weighted by atomic mass is 9.86. The van der Waals surface area contributed by atoms with Crippen LogP contribution in [0.5, 0.6) is 5.75 Å². The van der Waals surface area contributed by atoms with E-state index < -0.39 is 0 Å². The molecule has 0 aliphatic carbocycles. The van der Waals surface area contributed by atoms with Crippen LogP contribution in [0.25, 0.3) is 0 Å². The topological polar surface area (TPSA) is 55.8 Å². The van der Waals surface area contributed by atoms with E-state index in [1.807, 2.05) is 30.3 Å². The summed E-state index contributed by atoms with van der Waals surface area (Å²) in [6.07, 6.45) is 0.869. The van der Waals surface area contributed by atoms with Crippen molar-refractivity contribution in [2.24, 2.45) is 0 Å². The average molecular weight is 398 g/mol. The van der Waals surface area contributed by atoms with E-state index in [1.54, 1.807) is 6.07 Å². The summed E-state index contributed by atoms with van der Waals surface area (Å²) in [6, 6.07) is 16.6. The molecule has 0 saturated carbocycles. The molecule has 0 spiro atoms. The van der Waals surface area contributed by atoms with Gasteiger partial charge < -0.3 is 9.47 Å². The number of ether oxygens (including phenoxy) is 2. The van der Waals surface area contributed by atoms with E-state index in [9.17, 15) is 9.59 Å². The van der Waals surface area contributed by atoms with E-state index in [0.29, 0.717) is 30.8 Å². The summed E-state index contributed by atoms with van der Waals surface area (Å²) >= 11 is 0. The van der Waals surface area contributed by atoms with Crippen molar-refractivity contribution in [1.82, 2.24) is 4.90 Å². The zero-order valence-electron chi connectivity index (χ0n) is 17.7. The first-order valence-electron chi connectivity index (χ1n) is 10.1. The van der Waals surface area contributed by atoms with Gasteiger partial charge in [0.1, 0.15) is 12.4 Å². The van der Waals surface area contributed by atoms with Crippen molar-refractivity contribution in [3.8, 4) is 5.75 Å². The highest BCUT2D eigenvalue weighted by Crippen LogP contribution is 2.36. The largest absolute Gasteiger partial charge is 0.463 e. The second kappa shape index (κ2) is 11.4. The summed E-state index contributed by atoms with van der Waals surface area (Å²) in [5.74, 6) is 0.576. The summed E-state index contributed by atoms with van der Waals surface area (Å²) in [4.78, 5) is 24.1. The summed E-state index contributed by atoms with van der Waals surface area (Å²) in [7, 11) is 0. The molecule has 0 aliphatic heterocycles. The second-order valence-electron chi connectivity index (χ2n) is 7.67. The van der Waals surface area contributed by atoms with E-state index in [4.69, 9.17) is 9.47 Å².